The lowest BCUT2D eigenvalue weighted by Crippen LogP contribution is -2.55. The maximum atomic E-state index is 12.4. The van der Waals surface area contributed by atoms with Crippen molar-refractivity contribution in [3.63, 3.8) is 0 Å². The molecule has 0 aromatic rings. The molecule has 1 saturated carbocycles. The van der Waals surface area contributed by atoms with E-state index in [-0.39, 0.29) is 5.91 Å². The number of hydrogen-bond acceptors (Lipinski definition) is 2. The fourth-order valence-electron chi connectivity index (χ4n) is 2.22. The Bertz CT molecular complexity index is 255. The van der Waals surface area contributed by atoms with Gasteiger partial charge in [0.2, 0.25) is 5.91 Å². The summed E-state index contributed by atoms with van der Waals surface area (Å²) in [4.78, 5) is 14.4. The van der Waals surface area contributed by atoms with Crippen molar-refractivity contribution >= 4 is 5.91 Å². The van der Waals surface area contributed by atoms with Gasteiger partial charge in [0, 0.05) is 12.6 Å². The van der Waals surface area contributed by atoms with Crippen molar-refractivity contribution in [3.05, 3.63) is 12.7 Å². The second-order valence-electron chi connectivity index (χ2n) is 5.06. The fourth-order valence-corrected chi connectivity index (χ4v) is 2.22. The monoisotopic (exact) mass is 224 g/mol. The van der Waals surface area contributed by atoms with E-state index in [1.165, 1.54) is 12.8 Å². The molecule has 0 aliphatic heterocycles. The van der Waals surface area contributed by atoms with Gasteiger partial charge in [-0.15, -0.1) is 6.58 Å². The number of carbonyl (C=O) groups excluding carboxylic acids is 1. The highest BCUT2D eigenvalue weighted by atomic mass is 16.2. The molecule has 0 unspecified atom stereocenters. The Morgan fingerprint density at radius 2 is 2.06 bits per heavy atom. The normalized spacial score (nSPS) is 17.4. The second-order valence-corrected chi connectivity index (χ2v) is 5.06. The number of nitrogens with one attached hydrogen (secondary N) is 1. The topological polar surface area (TPSA) is 32.3 Å². The molecule has 0 bridgehead atoms. The van der Waals surface area contributed by atoms with Crippen LogP contribution in [0.4, 0.5) is 0 Å². The van der Waals surface area contributed by atoms with E-state index in [0.29, 0.717) is 12.6 Å². The number of carbonyl (C=O) groups is 1. The highest BCUT2D eigenvalue weighted by Crippen LogP contribution is 2.25. The Morgan fingerprint density at radius 3 is 2.50 bits per heavy atom. The van der Waals surface area contributed by atoms with Gasteiger partial charge in [0.25, 0.3) is 0 Å². The maximum Gasteiger partial charge on any atom is 0.242 e. The highest BCUT2D eigenvalue weighted by molar-refractivity contribution is 5.85. The number of amides is 1. The lowest BCUT2D eigenvalue weighted by Gasteiger charge is -2.35. The van der Waals surface area contributed by atoms with Crippen LogP contribution in [-0.2, 0) is 4.79 Å². The van der Waals surface area contributed by atoms with Crippen LogP contribution >= 0.6 is 0 Å². The number of likely N-dealkylation sites (N-methyl/N-ethyl adjacent to an activating group) is 1. The first-order valence-electron chi connectivity index (χ1n) is 6.14. The molecule has 0 spiro atoms. The molecule has 1 fully saturated rings. The molecule has 0 aromatic carbocycles. The van der Waals surface area contributed by atoms with Crippen molar-refractivity contribution in [2.45, 2.75) is 51.1 Å². The summed E-state index contributed by atoms with van der Waals surface area (Å²) < 4.78 is 0. The Balaban J connectivity index is 2.76. The first kappa shape index (κ1) is 13.2. The van der Waals surface area contributed by atoms with E-state index in [2.05, 4.69) is 11.9 Å². The summed E-state index contributed by atoms with van der Waals surface area (Å²) in [5, 5.41) is 3.08. The van der Waals surface area contributed by atoms with Crippen LogP contribution in [0.2, 0.25) is 0 Å². The third kappa shape index (κ3) is 2.85. The van der Waals surface area contributed by atoms with E-state index in [9.17, 15) is 4.79 Å². The van der Waals surface area contributed by atoms with Gasteiger partial charge in [-0.05, 0) is 33.7 Å². The van der Waals surface area contributed by atoms with Crippen molar-refractivity contribution in [3.8, 4) is 0 Å². The zero-order valence-corrected chi connectivity index (χ0v) is 10.8. The molecule has 1 aliphatic rings. The SMILES string of the molecule is C=CCN(C(=O)C(C)(C)NC)C1CCCC1. The van der Waals surface area contributed by atoms with Crippen LogP contribution < -0.4 is 5.32 Å². The molecule has 0 saturated heterocycles. The second kappa shape index (κ2) is 5.48. The van der Waals surface area contributed by atoms with Gasteiger partial charge in [0.1, 0.15) is 0 Å². The smallest absolute Gasteiger partial charge is 0.242 e. The molecule has 1 aliphatic carbocycles. The molecular weight excluding hydrogens is 200 g/mol. The minimum absolute atomic E-state index is 0.182. The van der Waals surface area contributed by atoms with Crippen molar-refractivity contribution in [1.82, 2.24) is 10.2 Å². The average molecular weight is 224 g/mol. The minimum Gasteiger partial charge on any atom is -0.334 e. The molecule has 0 heterocycles. The van der Waals surface area contributed by atoms with E-state index < -0.39 is 5.54 Å². The van der Waals surface area contributed by atoms with E-state index in [1.807, 2.05) is 31.9 Å². The van der Waals surface area contributed by atoms with Crippen molar-refractivity contribution in [2.75, 3.05) is 13.6 Å². The highest BCUT2D eigenvalue weighted by Gasteiger charge is 2.34. The average Bonchev–Trinajstić information content (AvgIpc) is 2.78. The van der Waals surface area contributed by atoms with Crippen molar-refractivity contribution in [2.24, 2.45) is 0 Å². The summed E-state index contributed by atoms with van der Waals surface area (Å²) in [5.41, 5.74) is -0.481. The largest absolute Gasteiger partial charge is 0.334 e. The van der Waals surface area contributed by atoms with Gasteiger partial charge in [0.05, 0.1) is 5.54 Å². The van der Waals surface area contributed by atoms with Crippen LogP contribution in [0, 0.1) is 0 Å². The summed E-state index contributed by atoms with van der Waals surface area (Å²) in [5.74, 6) is 0.182. The first-order chi connectivity index (χ1) is 7.53. The van der Waals surface area contributed by atoms with Crippen LogP contribution in [0.25, 0.3) is 0 Å². The quantitative estimate of drug-likeness (QED) is 0.724. The molecule has 1 amide bonds. The van der Waals surface area contributed by atoms with E-state index in [4.69, 9.17) is 0 Å². The minimum atomic E-state index is -0.481. The summed E-state index contributed by atoms with van der Waals surface area (Å²) in [6, 6.07) is 0.415. The molecular formula is C13H24N2O. The molecule has 0 aromatic heterocycles. The zero-order valence-electron chi connectivity index (χ0n) is 10.8. The maximum absolute atomic E-state index is 12.4. The molecule has 0 atom stereocenters. The molecule has 92 valence electrons. The molecule has 3 heteroatoms. The van der Waals surface area contributed by atoms with Gasteiger partial charge >= 0.3 is 0 Å². The third-order valence-electron chi connectivity index (χ3n) is 3.51. The lowest BCUT2D eigenvalue weighted by molar-refractivity contribution is -0.138. The van der Waals surface area contributed by atoms with E-state index in [0.717, 1.165) is 12.8 Å². The Kier molecular flexibility index (Phi) is 4.54. The van der Waals surface area contributed by atoms with Crippen LogP contribution in [0.1, 0.15) is 39.5 Å². The Hall–Kier alpha value is -0.830. The third-order valence-corrected chi connectivity index (χ3v) is 3.51. The summed E-state index contributed by atoms with van der Waals surface area (Å²) >= 11 is 0. The predicted molar refractivity (Wildman–Crippen MR) is 67.3 cm³/mol. The van der Waals surface area contributed by atoms with Crippen LogP contribution in [0.5, 0.6) is 0 Å². The number of rotatable bonds is 5. The van der Waals surface area contributed by atoms with Crippen LogP contribution in [0.3, 0.4) is 0 Å². The van der Waals surface area contributed by atoms with Crippen molar-refractivity contribution in [1.29, 1.82) is 0 Å². The first-order valence-corrected chi connectivity index (χ1v) is 6.14. The summed E-state index contributed by atoms with van der Waals surface area (Å²) in [6.45, 7) is 8.27. The lowest BCUT2D eigenvalue weighted by atomic mass is 10.0. The van der Waals surface area contributed by atoms with Gasteiger partial charge < -0.3 is 10.2 Å². The molecule has 3 nitrogen and oxygen atoms in total. The van der Waals surface area contributed by atoms with Gasteiger partial charge in [-0.1, -0.05) is 18.9 Å². The number of hydrogen-bond donors (Lipinski definition) is 1. The van der Waals surface area contributed by atoms with E-state index >= 15 is 0 Å². The van der Waals surface area contributed by atoms with Crippen LogP contribution in [0.15, 0.2) is 12.7 Å². The Morgan fingerprint density at radius 1 is 1.50 bits per heavy atom. The predicted octanol–water partition coefficient (Wildman–Crippen LogP) is 1.94. The molecule has 16 heavy (non-hydrogen) atoms. The van der Waals surface area contributed by atoms with Gasteiger partial charge in [0.15, 0.2) is 0 Å². The van der Waals surface area contributed by atoms with Crippen LogP contribution in [-0.4, -0.2) is 36.0 Å². The van der Waals surface area contributed by atoms with Crippen molar-refractivity contribution < 1.29 is 4.79 Å². The summed E-state index contributed by atoms with van der Waals surface area (Å²) in [7, 11) is 1.83. The zero-order chi connectivity index (χ0) is 12.2. The van der Waals surface area contributed by atoms with Gasteiger partial charge in [-0.25, -0.2) is 0 Å². The Labute approximate surface area is 98.9 Å². The fraction of sp³-hybridized carbons (Fsp3) is 0.769. The van der Waals surface area contributed by atoms with Gasteiger partial charge in [-0.2, -0.15) is 0 Å². The van der Waals surface area contributed by atoms with E-state index in [1.54, 1.807) is 0 Å². The molecule has 1 N–H and O–H groups in total. The van der Waals surface area contributed by atoms with Gasteiger partial charge in [-0.3, -0.25) is 4.79 Å². The number of nitrogens with zero attached hydrogens (tertiary/aromatic N) is 1. The molecule has 1 rings (SSSR count). The standard InChI is InChI=1S/C13H24N2O/c1-5-10-15(11-8-6-7-9-11)12(16)13(2,3)14-4/h5,11,14H,1,6-10H2,2-4H3. The molecule has 0 radical (unpaired) electrons. The summed E-state index contributed by atoms with van der Waals surface area (Å²) in [6.07, 6.45) is 6.58.